The number of nitrogens with one attached hydrogen (secondary N) is 1. The van der Waals surface area contributed by atoms with Gasteiger partial charge in [0.25, 0.3) is 0 Å². The molecule has 0 spiro atoms. The van der Waals surface area contributed by atoms with E-state index in [0.29, 0.717) is 13.2 Å². The number of carbonyl (C=O) groups is 4. The number of ketones is 2. The third kappa shape index (κ3) is 7.08. The number of ether oxygens (including phenoxy) is 7. The summed E-state index contributed by atoms with van der Waals surface area (Å²) in [6, 6.07) is 4.36. The van der Waals surface area contributed by atoms with Crippen LogP contribution >= 0.6 is 0 Å². The molecular weight excluding hydrogens is 764 g/mol. The third-order valence-corrected chi connectivity index (χ3v) is 11.7. The number of nitrogens with zero attached hydrogens (tertiary/aromatic N) is 3. The van der Waals surface area contributed by atoms with Crippen LogP contribution in [0.25, 0.3) is 0 Å². The molecule has 5 N–H and O–H groups in total. The minimum Gasteiger partial charge on any atom is -0.507 e. The molecule has 3 saturated heterocycles. The molecule has 0 unspecified atom stereocenters. The average Bonchev–Trinajstić information content (AvgIpc) is 3.60. The zero-order valence-corrected chi connectivity index (χ0v) is 32.8. The van der Waals surface area contributed by atoms with Crippen LogP contribution in [0, 0.1) is 5.41 Å². The highest BCUT2D eigenvalue weighted by atomic mass is 16.7. The molecule has 3 aliphatic heterocycles. The molecule has 19 nitrogen and oxygen atoms in total. The predicted octanol–water partition coefficient (Wildman–Crippen LogP) is 0.423. The van der Waals surface area contributed by atoms with Crippen LogP contribution in [0.1, 0.15) is 64.0 Å². The molecule has 5 aliphatic rings. The Hall–Kier alpha value is -4.73. The maximum absolute atomic E-state index is 14.0. The molecule has 58 heavy (non-hydrogen) atoms. The number of likely N-dealkylation sites (N-methyl/N-ethyl adjacent to an activating group) is 2. The van der Waals surface area contributed by atoms with Crippen LogP contribution in [0.4, 0.5) is 4.79 Å². The first kappa shape index (κ1) is 41.4. The molecule has 0 aromatic heterocycles. The highest BCUT2D eigenvalue weighted by Crippen LogP contribution is 2.53. The van der Waals surface area contributed by atoms with E-state index >= 15 is 0 Å². The van der Waals surface area contributed by atoms with Crippen molar-refractivity contribution < 1.29 is 72.8 Å². The smallest absolute Gasteiger partial charge is 0.409 e. The van der Waals surface area contributed by atoms with Crippen molar-refractivity contribution in [2.24, 2.45) is 0 Å². The number of aliphatic hydroxyl groups is 2. The van der Waals surface area contributed by atoms with Gasteiger partial charge in [-0.25, -0.2) is 4.79 Å². The van der Waals surface area contributed by atoms with Gasteiger partial charge in [-0.15, -0.1) is 0 Å². The Kier molecular flexibility index (Phi) is 11.5. The third-order valence-electron chi connectivity index (χ3n) is 11.7. The van der Waals surface area contributed by atoms with Crippen molar-refractivity contribution in [1.82, 2.24) is 14.7 Å². The number of phenolic OH excluding ortho intramolecular Hbond substituents is 2. The zero-order chi connectivity index (χ0) is 41.8. The maximum Gasteiger partial charge on any atom is 0.409 e. The number of benzene rings is 2. The fraction of sp³-hybridized carbons (Fsp3) is 0.564. The maximum atomic E-state index is 14.0. The number of amides is 2. The summed E-state index contributed by atoms with van der Waals surface area (Å²) in [4.78, 5) is 57.0. The number of aliphatic hydroxyl groups excluding tert-OH is 1. The predicted molar refractivity (Wildman–Crippen MR) is 198 cm³/mol. The first-order valence-electron chi connectivity index (χ1n) is 18.9. The molecule has 3 heterocycles. The largest absolute Gasteiger partial charge is 0.507 e. The van der Waals surface area contributed by atoms with Crippen LogP contribution < -0.4 is 4.74 Å². The van der Waals surface area contributed by atoms with Gasteiger partial charge in [-0.1, -0.05) is 12.1 Å². The Balaban J connectivity index is 1.21. The summed E-state index contributed by atoms with van der Waals surface area (Å²) < 4.78 is 41.1. The molecule has 2 amide bonds. The molecule has 0 bridgehead atoms. The molecule has 0 saturated carbocycles. The molecule has 7 rings (SSSR count). The highest BCUT2D eigenvalue weighted by Gasteiger charge is 2.55. The first-order chi connectivity index (χ1) is 27.6. The van der Waals surface area contributed by atoms with Crippen molar-refractivity contribution >= 4 is 29.3 Å². The number of hydrogen-bond acceptors (Lipinski definition) is 17. The van der Waals surface area contributed by atoms with E-state index in [0.717, 1.165) is 4.90 Å². The summed E-state index contributed by atoms with van der Waals surface area (Å²) in [5, 5.41) is 54.4. The van der Waals surface area contributed by atoms with Gasteiger partial charge in [0.15, 0.2) is 31.2 Å². The fourth-order valence-electron chi connectivity index (χ4n) is 8.60. The van der Waals surface area contributed by atoms with Gasteiger partial charge in [-0.2, -0.15) is 0 Å². The summed E-state index contributed by atoms with van der Waals surface area (Å²) >= 11 is 0. The topological polar surface area (TPSA) is 247 Å². The number of rotatable bonds is 11. The normalized spacial score (nSPS) is 28.7. The van der Waals surface area contributed by atoms with Crippen molar-refractivity contribution in [3.05, 3.63) is 51.6 Å². The quantitative estimate of drug-likeness (QED) is 0.165. The number of aromatic hydroxyl groups is 2. The number of carbonyl (C=O) groups excluding carboxylic acids is 4. The molecule has 2 aromatic rings. The highest BCUT2D eigenvalue weighted by molar-refractivity contribution is 6.32. The molecule has 8 atom stereocenters. The van der Waals surface area contributed by atoms with E-state index in [1.54, 1.807) is 12.1 Å². The average molecular weight is 813 g/mol. The van der Waals surface area contributed by atoms with Crippen LogP contribution in [-0.4, -0.2) is 175 Å². The van der Waals surface area contributed by atoms with Crippen LogP contribution in [0.15, 0.2) is 18.2 Å². The van der Waals surface area contributed by atoms with Crippen LogP contribution in [0.3, 0.4) is 0 Å². The molecule has 0 radical (unpaired) electrons. The molecule has 3 fully saturated rings. The lowest BCUT2D eigenvalue weighted by molar-refractivity contribution is -0.256. The Morgan fingerprint density at radius 1 is 1.05 bits per heavy atom. The number of methoxy groups -OCH3 is 2. The van der Waals surface area contributed by atoms with E-state index < -0.39 is 103 Å². The molecule has 2 aliphatic carbocycles. The summed E-state index contributed by atoms with van der Waals surface area (Å²) in [5.74, 6) is -3.25. The second-order valence-corrected chi connectivity index (χ2v) is 15.1. The van der Waals surface area contributed by atoms with Gasteiger partial charge in [0.1, 0.15) is 35.6 Å². The lowest BCUT2D eigenvalue weighted by Crippen LogP contribution is -2.55. The van der Waals surface area contributed by atoms with Crippen molar-refractivity contribution in [2.75, 3.05) is 67.8 Å². The number of phenols is 2. The molecule has 314 valence electrons. The molecule has 19 heteroatoms. The summed E-state index contributed by atoms with van der Waals surface area (Å²) in [6.45, 7) is 1.21. The van der Waals surface area contributed by atoms with Gasteiger partial charge in [0.05, 0.1) is 48.3 Å². The number of fused-ring (bicyclic) bond motifs is 6. The lowest BCUT2D eigenvalue weighted by Gasteiger charge is -2.43. The van der Waals surface area contributed by atoms with Gasteiger partial charge in [-0.3, -0.25) is 24.7 Å². The van der Waals surface area contributed by atoms with Crippen LogP contribution in [0.2, 0.25) is 0 Å². The Bertz CT molecular complexity index is 2010. The lowest BCUT2D eigenvalue weighted by atomic mass is 9.71. The second kappa shape index (κ2) is 16.1. The summed E-state index contributed by atoms with van der Waals surface area (Å²) in [6.07, 6.45) is -6.20. The van der Waals surface area contributed by atoms with Crippen LogP contribution in [0.5, 0.6) is 17.2 Å². The number of morpholine rings is 1. The summed E-state index contributed by atoms with van der Waals surface area (Å²) in [5.41, 5.74) is -3.39. The monoisotopic (exact) mass is 812 g/mol. The van der Waals surface area contributed by atoms with Crippen molar-refractivity contribution in [2.45, 2.75) is 74.9 Å². The standard InChI is InChI=1S/C39H48N4O15/c1-18-35-21(43-11-12-54-37(53-5)36(43)58-35)13-26(56-18)57-23-15-39(51,24(45)17-55-38(50)42(3)10-9-41(2)25(46)16-44)14-20-28(23)34(49)29-30(33(20)48)32(47)19-7-6-8-22(52-4)27(19)31(29)40/h6-8,18,21,23,26,35-37,40,44,48-49,51H,9-17H2,1-5H3/t18-,21-,23-,26-,35+,36+,37-,39-/m0/s1. The van der Waals surface area contributed by atoms with E-state index in [2.05, 4.69) is 4.90 Å². The minimum atomic E-state index is -2.37. The first-order valence-corrected chi connectivity index (χ1v) is 18.9. The van der Waals surface area contributed by atoms with Crippen molar-refractivity contribution in [1.29, 1.82) is 5.41 Å². The number of Topliss-reactive ketones (excluding diaryl/α,β-unsaturated/α-hetero) is 1. The second-order valence-electron chi connectivity index (χ2n) is 15.1. The zero-order valence-electron chi connectivity index (χ0n) is 32.8. The van der Waals surface area contributed by atoms with Gasteiger partial charge in [0.2, 0.25) is 11.7 Å². The molecule has 2 aromatic carbocycles. The fourth-order valence-corrected chi connectivity index (χ4v) is 8.60. The molecular formula is C39H48N4O15. The van der Waals surface area contributed by atoms with Crippen LogP contribution in [-0.2, 0) is 44.4 Å². The van der Waals surface area contributed by atoms with Gasteiger partial charge in [-0.05, 0) is 13.0 Å². The number of hydrogen-bond donors (Lipinski definition) is 5. The van der Waals surface area contributed by atoms with E-state index in [9.17, 15) is 34.5 Å². The van der Waals surface area contributed by atoms with Gasteiger partial charge >= 0.3 is 6.09 Å². The van der Waals surface area contributed by atoms with E-state index in [1.807, 2.05) is 6.92 Å². The van der Waals surface area contributed by atoms with Gasteiger partial charge in [0, 0.05) is 82.8 Å². The Labute approximate surface area is 333 Å². The SMILES string of the molecule is COc1cccc2c1C(=N)c1c(O)c3c(c(O)c1C2=O)C[C@@](O)(C(=O)COC(=O)N(C)CCN(C)C(=O)CO)C[C@@H]3O[C@H]1C[C@H]2[C@H](O[C@@H]3[C@@H](OC)OCCN32)[C@H](C)O1. The Morgan fingerprint density at radius 3 is 2.50 bits per heavy atom. The minimum absolute atomic E-state index is 0.00312. The summed E-state index contributed by atoms with van der Waals surface area (Å²) in [7, 11) is 5.73. The Morgan fingerprint density at radius 2 is 1.79 bits per heavy atom. The van der Waals surface area contributed by atoms with E-state index in [-0.39, 0.29) is 70.9 Å². The van der Waals surface area contributed by atoms with Crippen molar-refractivity contribution in [3.8, 4) is 17.2 Å². The van der Waals surface area contributed by atoms with Crippen molar-refractivity contribution in [3.63, 3.8) is 0 Å². The van der Waals surface area contributed by atoms with E-state index in [4.69, 9.17) is 43.7 Å². The van der Waals surface area contributed by atoms with Gasteiger partial charge < -0.3 is 63.4 Å². The van der Waals surface area contributed by atoms with E-state index in [1.165, 1.54) is 39.3 Å².